The van der Waals surface area contributed by atoms with Gasteiger partial charge in [0.25, 0.3) is 0 Å². The van der Waals surface area contributed by atoms with Crippen molar-refractivity contribution in [2.45, 2.75) is 30.7 Å². The third-order valence-corrected chi connectivity index (χ3v) is 5.47. The minimum Gasteiger partial charge on any atom is -0.478 e. The Kier molecular flexibility index (Phi) is 4.45. The van der Waals surface area contributed by atoms with Crippen LogP contribution in [0, 0.1) is 0 Å². The molecule has 1 atom stereocenters. The van der Waals surface area contributed by atoms with Crippen LogP contribution >= 0.6 is 0 Å². The predicted molar refractivity (Wildman–Crippen MR) is 75.7 cm³/mol. The highest BCUT2D eigenvalue weighted by molar-refractivity contribution is 7.91. The van der Waals surface area contributed by atoms with Gasteiger partial charge in [0.05, 0.1) is 16.2 Å². The van der Waals surface area contributed by atoms with Crippen molar-refractivity contribution < 1.29 is 18.3 Å². The fraction of sp³-hybridized carbons (Fsp3) is 0.500. The summed E-state index contributed by atoms with van der Waals surface area (Å²) in [5.41, 5.74) is 0.000570. The normalized spacial score (nSPS) is 20.1. The summed E-state index contributed by atoms with van der Waals surface area (Å²) in [5.74, 6) is -1.09. The first-order valence-electron chi connectivity index (χ1n) is 6.70. The molecule has 2 rings (SSSR count). The van der Waals surface area contributed by atoms with Gasteiger partial charge >= 0.3 is 5.97 Å². The fourth-order valence-electron chi connectivity index (χ4n) is 2.50. The number of carboxylic acids is 1. The van der Waals surface area contributed by atoms with Crippen molar-refractivity contribution in [3.8, 4) is 0 Å². The molecule has 1 unspecified atom stereocenters. The van der Waals surface area contributed by atoms with E-state index in [1.807, 2.05) is 0 Å². The van der Waals surface area contributed by atoms with Gasteiger partial charge in [-0.15, -0.1) is 0 Å². The number of sulfone groups is 1. The van der Waals surface area contributed by atoms with Gasteiger partial charge in [-0.05, 0) is 44.5 Å². The molecule has 5 nitrogen and oxygen atoms in total. The summed E-state index contributed by atoms with van der Waals surface area (Å²) in [5, 5.41) is 8.91. The SMILES string of the molecule is CC1CCCN1CCS(=O)(=O)c1cccc(C(=O)O)c1. The van der Waals surface area contributed by atoms with Crippen molar-refractivity contribution in [1.29, 1.82) is 0 Å². The number of hydrogen-bond donors (Lipinski definition) is 1. The van der Waals surface area contributed by atoms with Crippen LogP contribution in [-0.2, 0) is 9.84 Å². The minimum atomic E-state index is -3.43. The molecule has 1 aromatic rings. The van der Waals surface area contributed by atoms with Crippen molar-refractivity contribution in [2.75, 3.05) is 18.8 Å². The van der Waals surface area contributed by atoms with Crippen LogP contribution in [0.5, 0.6) is 0 Å². The maximum atomic E-state index is 12.3. The Morgan fingerprint density at radius 2 is 2.20 bits per heavy atom. The molecule has 1 saturated heterocycles. The molecular formula is C14H19NO4S. The van der Waals surface area contributed by atoms with Crippen LogP contribution in [0.2, 0.25) is 0 Å². The van der Waals surface area contributed by atoms with Crippen molar-refractivity contribution >= 4 is 15.8 Å². The van der Waals surface area contributed by atoms with Gasteiger partial charge in [-0.3, -0.25) is 4.90 Å². The maximum Gasteiger partial charge on any atom is 0.335 e. The van der Waals surface area contributed by atoms with Crippen LogP contribution < -0.4 is 0 Å². The second kappa shape index (κ2) is 5.93. The second-order valence-electron chi connectivity index (χ2n) is 5.18. The van der Waals surface area contributed by atoms with E-state index in [0.29, 0.717) is 12.6 Å². The smallest absolute Gasteiger partial charge is 0.335 e. The molecule has 0 saturated carbocycles. The molecule has 20 heavy (non-hydrogen) atoms. The molecule has 1 aromatic carbocycles. The molecule has 0 amide bonds. The van der Waals surface area contributed by atoms with Crippen molar-refractivity contribution in [3.63, 3.8) is 0 Å². The van der Waals surface area contributed by atoms with Crippen LogP contribution in [0.15, 0.2) is 29.2 Å². The first kappa shape index (κ1) is 15.0. The van der Waals surface area contributed by atoms with Gasteiger partial charge in [0.15, 0.2) is 9.84 Å². The van der Waals surface area contributed by atoms with Gasteiger partial charge in [-0.25, -0.2) is 13.2 Å². The highest BCUT2D eigenvalue weighted by Gasteiger charge is 2.23. The summed E-state index contributed by atoms with van der Waals surface area (Å²) < 4.78 is 24.5. The molecule has 110 valence electrons. The van der Waals surface area contributed by atoms with Gasteiger partial charge < -0.3 is 5.11 Å². The highest BCUT2D eigenvalue weighted by Crippen LogP contribution is 2.18. The predicted octanol–water partition coefficient (Wildman–Crippen LogP) is 1.64. The molecular weight excluding hydrogens is 278 g/mol. The highest BCUT2D eigenvalue weighted by atomic mass is 32.2. The Balaban J connectivity index is 2.10. The van der Waals surface area contributed by atoms with Crippen LogP contribution in [0.1, 0.15) is 30.1 Å². The molecule has 0 spiro atoms. The van der Waals surface area contributed by atoms with Gasteiger partial charge in [0.2, 0.25) is 0 Å². The maximum absolute atomic E-state index is 12.3. The Morgan fingerprint density at radius 1 is 1.45 bits per heavy atom. The largest absolute Gasteiger partial charge is 0.478 e. The lowest BCUT2D eigenvalue weighted by atomic mass is 10.2. The van der Waals surface area contributed by atoms with E-state index in [2.05, 4.69) is 11.8 Å². The van der Waals surface area contributed by atoms with Crippen molar-refractivity contribution in [1.82, 2.24) is 4.90 Å². The van der Waals surface area contributed by atoms with E-state index in [1.165, 1.54) is 24.3 Å². The monoisotopic (exact) mass is 297 g/mol. The van der Waals surface area contributed by atoms with Gasteiger partial charge in [-0.1, -0.05) is 6.07 Å². The van der Waals surface area contributed by atoms with E-state index in [-0.39, 0.29) is 16.2 Å². The lowest BCUT2D eigenvalue weighted by molar-refractivity contribution is 0.0696. The molecule has 6 heteroatoms. The third kappa shape index (κ3) is 3.37. The molecule has 0 radical (unpaired) electrons. The molecule has 0 aliphatic carbocycles. The van der Waals surface area contributed by atoms with Crippen LogP contribution in [0.4, 0.5) is 0 Å². The summed E-state index contributed by atoms with van der Waals surface area (Å²) in [7, 11) is -3.43. The molecule has 1 fully saturated rings. The molecule has 1 aliphatic heterocycles. The summed E-state index contributed by atoms with van der Waals surface area (Å²) in [4.78, 5) is 13.1. The topological polar surface area (TPSA) is 74.7 Å². The quantitative estimate of drug-likeness (QED) is 0.894. The van der Waals surface area contributed by atoms with E-state index in [0.717, 1.165) is 19.4 Å². The van der Waals surface area contributed by atoms with E-state index in [9.17, 15) is 13.2 Å². The summed E-state index contributed by atoms with van der Waals surface area (Å²) in [6.45, 7) is 3.54. The Morgan fingerprint density at radius 3 is 2.80 bits per heavy atom. The number of carboxylic acid groups (broad SMARTS) is 1. The number of hydrogen-bond acceptors (Lipinski definition) is 4. The zero-order valence-corrected chi connectivity index (χ0v) is 12.3. The number of likely N-dealkylation sites (tertiary alicyclic amines) is 1. The zero-order chi connectivity index (χ0) is 14.8. The Hall–Kier alpha value is -1.40. The summed E-state index contributed by atoms with van der Waals surface area (Å²) >= 11 is 0. The molecule has 1 N–H and O–H groups in total. The molecule has 0 aromatic heterocycles. The summed E-state index contributed by atoms with van der Waals surface area (Å²) in [6.07, 6.45) is 2.21. The van der Waals surface area contributed by atoms with Crippen LogP contribution in [0.3, 0.4) is 0 Å². The van der Waals surface area contributed by atoms with Gasteiger partial charge in [0.1, 0.15) is 0 Å². The number of nitrogens with zero attached hydrogens (tertiary/aromatic N) is 1. The third-order valence-electron chi connectivity index (χ3n) is 3.78. The second-order valence-corrected chi connectivity index (χ2v) is 7.29. The number of benzene rings is 1. The summed E-state index contributed by atoms with van der Waals surface area (Å²) in [6, 6.07) is 5.97. The average molecular weight is 297 g/mol. The van der Waals surface area contributed by atoms with Crippen LogP contribution in [-0.4, -0.2) is 49.3 Å². The number of rotatable bonds is 5. The van der Waals surface area contributed by atoms with Crippen molar-refractivity contribution in [2.24, 2.45) is 0 Å². The van der Waals surface area contributed by atoms with E-state index in [4.69, 9.17) is 5.11 Å². The molecule has 0 bridgehead atoms. The van der Waals surface area contributed by atoms with Crippen molar-refractivity contribution in [3.05, 3.63) is 29.8 Å². The standard InChI is InChI=1S/C14H19NO4S/c1-11-4-3-7-15(11)8-9-20(18,19)13-6-2-5-12(10-13)14(16)17/h2,5-6,10-11H,3-4,7-9H2,1H3,(H,16,17). The lowest BCUT2D eigenvalue weighted by Crippen LogP contribution is -2.32. The van der Waals surface area contributed by atoms with E-state index in [1.54, 1.807) is 0 Å². The van der Waals surface area contributed by atoms with Crippen LogP contribution in [0.25, 0.3) is 0 Å². The zero-order valence-electron chi connectivity index (χ0n) is 11.4. The minimum absolute atomic E-state index is 0.000570. The number of carbonyl (C=O) groups is 1. The Bertz CT molecular complexity index is 597. The molecule has 1 heterocycles. The number of aromatic carboxylic acids is 1. The van der Waals surface area contributed by atoms with Gasteiger partial charge in [0, 0.05) is 12.6 Å². The van der Waals surface area contributed by atoms with E-state index < -0.39 is 15.8 Å². The first-order chi connectivity index (χ1) is 9.40. The fourth-order valence-corrected chi connectivity index (χ4v) is 3.81. The first-order valence-corrected chi connectivity index (χ1v) is 8.35. The van der Waals surface area contributed by atoms with E-state index >= 15 is 0 Å². The molecule has 1 aliphatic rings. The lowest BCUT2D eigenvalue weighted by Gasteiger charge is -2.20. The average Bonchev–Trinajstić information content (AvgIpc) is 2.82. The Labute approximate surface area is 119 Å². The van der Waals surface area contributed by atoms with Gasteiger partial charge in [-0.2, -0.15) is 0 Å².